The number of methoxy groups -OCH3 is 1. The second kappa shape index (κ2) is 13.5. The number of carbonyl (C=O) groups excluding carboxylic acids is 1. The van der Waals surface area contributed by atoms with E-state index in [1.807, 2.05) is 0 Å². The zero-order valence-corrected chi connectivity index (χ0v) is 19.3. The number of unbranched alkanes of at least 4 members (excludes halogenated alkanes) is 5. The number of hydrogen-bond acceptors (Lipinski definition) is 4. The van der Waals surface area contributed by atoms with Crippen LogP contribution in [0.5, 0.6) is 0 Å². The zero-order valence-electron chi connectivity index (χ0n) is 18.3. The minimum absolute atomic E-state index is 0.0930. The predicted molar refractivity (Wildman–Crippen MR) is 114 cm³/mol. The van der Waals surface area contributed by atoms with Crippen molar-refractivity contribution in [3.8, 4) is 0 Å². The molecular weight excluding hydrogens is 356 g/mol. The molecule has 1 fully saturated rings. The standard InChI is InChI=1S/C22H42O4Si/c1-6-19-17-18-20(25-19)21(26-27(3,4)5)15-13-11-9-7-8-10-12-14-16-22(23)24-2/h11,13,19-21H,6-10,12,14-18H2,1-5H3/b13-11-. The molecule has 1 saturated heterocycles. The van der Waals surface area contributed by atoms with E-state index in [0.717, 1.165) is 38.5 Å². The Bertz CT molecular complexity index is 431. The first-order chi connectivity index (χ1) is 12.9. The maximum Gasteiger partial charge on any atom is 0.305 e. The average Bonchev–Trinajstić information content (AvgIpc) is 3.10. The van der Waals surface area contributed by atoms with Gasteiger partial charge in [-0.3, -0.25) is 4.79 Å². The molecule has 0 bridgehead atoms. The van der Waals surface area contributed by atoms with E-state index in [4.69, 9.17) is 9.16 Å². The van der Waals surface area contributed by atoms with Crippen molar-refractivity contribution in [2.45, 2.75) is 116 Å². The maximum absolute atomic E-state index is 11.0. The van der Waals surface area contributed by atoms with Crippen LogP contribution in [0.1, 0.15) is 77.6 Å². The topological polar surface area (TPSA) is 44.8 Å². The summed E-state index contributed by atoms with van der Waals surface area (Å²) in [7, 11) is -0.119. The quantitative estimate of drug-likeness (QED) is 0.155. The first-order valence-electron chi connectivity index (χ1n) is 10.9. The Morgan fingerprint density at radius 2 is 1.81 bits per heavy atom. The van der Waals surface area contributed by atoms with Gasteiger partial charge in [0.1, 0.15) is 0 Å². The molecular formula is C22H42O4Si. The highest BCUT2D eigenvalue weighted by Gasteiger charge is 2.33. The summed E-state index contributed by atoms with van der Waals surface area (Å²) in [5.41, 5.74) is 0. The number of esters is 1. The monoisotopic (exact) mass is 398 g/mol. The molecule has 0 spiro atoms. The molecule has 3 atom stereocenters. The van der Waals surface area contributed by atoms with E-state index in [-0.39, 0.29) is 18.2 Å². The second-order valence-electron chi connectivity index (χ2n) is 8.64. The molecule has 0 aromatic rings. The summed E-state index contributed by atoms with van der Waals surface area (Å²) in [5, 5.41) is 0. The van der Waals surface area contributed by atoms with E-state index in [1.54, 1.807) is 0 Å². The SMILES string of the molecule is CCC1CCC(C(C/C=C\CCCCCCCC(=O)OC)O[Si](C)(C)C)O1. The van der Waals surface area contributed by atoms with Gasteiger partial charge in [0.15, 0.2) is 8.32 Å². The first-order valence-corrected chi connectivity index (χ1v) is 14.3. The van der Waals surface area contributed by atoms with Crippen molar-refractivity contribution in [3.05, 3.63) is 12.2 Å². The van der Waals surface area contributed by atoms with Crippen molar-refractivity contribution in [1.82, 2.24) is 0 Å². The highest BCUT2D eigenvalue weighted by atomic mass is 28.4. The lowest BCUT2D eigenvalue weighted by Gasteiger charge is -2.30. The van der Waals surface area contributed by atoms with E-state index in [2.05, 4.69) is 43.5 Å². The van der Waals surface area contributed by atoms with E-state index in [1.165, 1.54) is 32.8 Å². The predicted octanol–water partition coefficient (Wildman–Crippen LogP) is 6.01. The Hall–Kier alpha value is -0.653. The van der Waals surface area contributed by atoms with E-state index in [9.17, 15) is 4.79 Å². The van der Waals surface area contributed by atoms with Crippen molar-refractivity contribution in [3.63, 3.8) is 0 Å². The van der Waals surface area contributed by atoms with Crippen molar-refractivity contribution < 1.29 is 18.7 Å². The van der Waals surface area contributed by atoms with Gasteiger partial charge in [-0.15, -0.1) is 0 Å². The number of allylic oxidation sites excluding steroid dienone is 1. The Morgan fingerprint density at radius 3 is 2.44 bits per heavy atom. The largest absolute Gasteiger partial charge is 0.469 e. The molecule has 0 amide bonds. The molecule has 5 heteroatoms. The van der Waals surface area contributed by atoms with Crippen LogP contribution in [0.2, 0.25) is 19.6 Å². The van der Waals surface area contributed by atoms with Gasteiger partial charge >= 0.3 is 5.97 Å². The van der Waals surface area contributed by atoms with Gasteiger partial charge in [0, 0.05) is 6.42 Å². The molecule has 1 aliphatic rings. The van der Waals surface area contributed by atoms with Crippen LogP contribution >= 0.6 is 0 Å². The smallest absolute Gasteiger partial charge is 0.305 e. The highest BCUT2D eigenvalue weighted by Crippen LogP contribution is 2.28. The molecule has 0 saturated carbocycles. The van der Waals surface area contributed by atoms with Crippen LogP contribution in [0.15, 0.2) is 12.2 Å². The third-order valence-electron chi connectivity index (χ3n) is 5.03. The molecule has 158 valence electrons. The van der Waals surface area contributed by atoms with E-state index in [0.29, 0.717) is 12.5 Å². The number of rotatable bonds is 14. The molecule has 0 aromatic heterocycles. The minimum Gasteiger partial charge on any atom is -0.469 e. The van der Waals surface area contributed by atoms with Gasteiger partial charge in [-0.2, -0.15) is 0 Å². The fraction of sp³-hybridized carbons (Fsp3) is 0.864. The summed E-state index contributed by atoms with van der Waals surface area (Å²) >= 11 is 0. The molecule has 0 aromatic carbocycles. The fourth-order valence-corrected chi connectivity index (χ4v) is 4.71. The lowest BCUT2D eigenvalue weighted by Crippen LogP contribution is -2.38. The zero-order chi connectivity index (χ0) is 20.1. The van der Waals surface area contributed by atoms with Gasteiger partial charge in [-0.25, -0.2) is 0 Å². The summed E-state index contributed by atoms with van der Waals surface area (Å²) in [6, 6.07) is 0. The lowest BCUT2D eigenvalue weighted by molar-refractivity contribution is -0.140. The van der Waals surface area contributed by atoms with Crippen molar-refractivity contribution in [1.29, 1.82) is 0 Å². The molecule has 0 radical (unpaired) electrons. The van der Waals surface area contributed by atoms with Gasteiger partial charge in [-0.05, 0) is 64.6 Å². The lowest BCUT2D eigenvalue weighted by atomic mass is 10.1. The normalized spacial score (nSPS) is 21.7. The third-order valence-corrected chi connectivity index (χ3v) is 6.04. The average molecular weight is 399 g/mol. The Morgan fingerprint density at radius 1 is 1.11 bits per heavy atom. The van der Waals surface area contributed by atoms with Crippen LogP contribution in [0, 0.1) is 0 Å². The molecule has 0 aliphatic carbocycles. The summed E-state index contributed by atoms with van der Waals surface area (Å²) in [5.74, 6) is -0.0930. The molecule has 1 aliphatic heterocycles. The van der Waals surface area contributed by atoms with Crippen LogP contribution in [0.25, 0.3) is 0 Å². The van der Waals surface area contributed by atoms with E-state index >= 15 is 0 Å². The number of hydrogen-bond donors (Lipinski definition) is 0. The first kappa shape index (κ1) is 24.4. The van der Waals surface area contributed by atoms with Crippen LogP contribution in [0.3, 0.4) is 0 Å². The Labute approximate surface area is 168 Å². The van der Waals surface area contributed by atoms with Crippen LogP contribution < -0.4 is 0 Å². The van der Waals surface area contributed by atoms with Crippen LogP contribution in [-0.4, -0.2) is 39.7 Å². The number of carbonyl (C=O) groups is 1. The second-order valence-corrected chi connectivity index (χ2v) is 13.1. The summed E-state index contributed by atoms with van der Waals surface area (Å²) in [6.07, 6.45) is 17.2. The molecule has 4 nitrogen and oxygen atoms in total. The highest BCUT2D eigenvalue weighted by molar-refractivity contribution is 6.69. The molecule has 1 rings (SSSR count). The molecule has 27 heavy (non-hydrogen) atoms. The van der Waals surface area contributed by atoms with Crippen molar-refractivity contribution in [2.24, 2.45) is 0 Å². The van der Waals surface area contributed by atoms with Gasteiger partial charge < -0.3 is 13.9 Å². The summed E-state index contributed by atoms with van der Waals surface area (Å²) in [4.78, 5) is 11.0. The summed E-state index contributed by atoms with van der Waals surface area (Å²) < 4.78 is 17.3. The van der Waals surface area contributed by atoms with Gasteiger partial charge in [0.05, 0.1) is 25.4 Å². The van der Waals surface area contributed by atoms with Crippen LogP contribution in [0.4, 0.5) is 0 Å². The minimum atomic E-state index is -1.57. The fourth-order valence-electron chi connectivity index (χ4n) is 3.55. The van der Waals surface area contributed by atoms with Gasteiger partial charge in [0.25, 0.3) is 0 Å². The van der Waals surface area contributed by atoms with Gasteiger partial charge in [0.2, 0.25) is 0 Å². The van der Waals surface area contributed by atoms with Crippen LogP contribution in [-0.2, 0) is 18.7 Å². The third kappa shape index (κ3) is 11.7. The van der Waals surface area contributed by atoms with E-state index < -0.39 is 8.32 Å². The molecule has 0 N–H and O–H groups in total. The Kier molecular flexibility index (Phi) is 12.2. The van der Waals surface area contributed by atoms with Crippen molar-refractivity contribution in [2.75, 3.05) is 7.11 Å². The molecule has 3 unspecified atom stereocenters. The summed E-state index contributed by atoms with van der Waals surface area (Å²) in [6.45, 7) is 8.99. The van der Waals surface area contributed by atoms with Gasteiger partial charge in [-0.1, -0.05) is 38.3 Å². The Balaban J connectivity index is 2.21. The molecule has 1 heterocycles. The maximum atomic E-state index is 11.0. The van der Waals surface area contributed by atoms with Crippen molar-refractivity contribution >= 4 is 14.3 Å². The number of ether oxygens (including phenoxy) is 2.